The van der Waals surface area contributed by atoms with Gasteiger partial charge in [-0.15, -0.1) is 0 Å². The molecule has 2 N–H and O–H groups in total. The fourth-order valence-corrected chi connectivity index (χ4v) is 2.83. The Morgan fingerprint density at radius 1 is 1.23 bits per heavy atom. The summed E-state index contributed by atoms with van der Waals surface area (Å²) in [7, 11) is 0. The highest BCUT2D eigenvalue weighted by molar-refractivity contribution is 6.02. The Hall–Kier alpha value is -2.37. The molecule has 2 aliphatic rings. The van der Waals surface area contributed by atoms with Crippen molar-refractivity contribution in [1.82, 2.24) is 5.32 Å². The van der Waals surface area contributed by atoms with Gasteiger partial charge in [0.1, 0.15) is 6.04 Å². The molecule has 0 aromatic heterocycles. The van der Waals surface area contributed by atoms with Gasteiger partial charge in [-0.1, -0.05) is 17.7 Å². The number of carbonyl (C=O) groups is 3. The molecule has 0 unspecified atom stereocenters. The normalized spacial score (nSPS) is 26.9. The summed E-state index contributed by atoms with van der Waals surface area (Å²) in [5.74, 6) is -2.48. The van der Waals surface area contributed by atoms with Crippen molar-refractivity contribution < 1.29 is 19.5 Å². The van der Waals surface area contributed by atoms with Gasteiger partial charge in [-0.3, -0.25) is 14.4 Å². The zero-order valence-corrected chi connectivity index (χ0v) is 12.3. The van der Waals surface area contributed by atoms with Crippen LogP contribution in [0.1, 0.15) is 18.4 Å². The number of anilines is 1. The molecule has 0 bridgehead atoms. The molecule has 3 rings (SSSR count). The molecule has 2 amide bonds. The standard InChI is InChI=1S/C16H18N2O4/c1-9-2-4-10(5-3-9)18-7-6-13(15(18)20)17-14(19)11-8-12(11)16(21)22/h2-5,11-13H,6-8H2,1H3,(H,17,19)(H,21,22)/t11-,12-,13+/m1/s1. The number of benzene rings is 1. The van der Waals surface area contributed by atoms with Crippen LogP contribution < -0.4 is 10.2 Å². The van der Waals surface area contributed by atoms with Crippen molar-refractivity contribution in [2.45, 2.75) is 25.8 Å². The molecule has 1 aliphatic carbocycles. The third-order valence-corrected chi connectivity index (χ3v) is 4.31. The molecule has 3 atom stereocenters. The Morgan fingerprint density at radius 2 is 1.91 bits per heavy atom. The van der Waals surface area contributed by atoms with Crippen molar-refractivity contribution in [2.75, 3.05) is 11.4 Å². The van der Waals surface area contributed by atoms with Crippen molar-refractivity contribution in [2.24, 2.45) is 11.8 Å². The molecule has 1 aromatic carbocycles. The zero-order chi connectivity index (χ0) is 15.9. The minimum Gasteiger partial charge on any atom is -0.481 e. The van der Waals surface area contributed by atoms with Crippen molar-refractivity contribution in [3.05, 3.63) is 29.8 Å². The van der Waals surface area contributed by atoms with Crippen LogP contribution in [0.25, 0.3) is 0 Å². The predicted molar refractivity (Wildman–Crippen MR) is 79.3 cm³/mol. The van der Waals surface area contributed by atoms with E-state index in [1.165, 1.54) is 0 Å². The van der Waals surface area contributed by atoms with Crippen molar-refractivity contribution in [3.63, 3.8) is 0 Å². The molecule has 2 fully saturated rings. The van der Waals surface area contributed by atoms with Crippen molar-refractivity contribution >= 4 is 23.5 Å². The van der Waals surface area contributed by atoms with Crippen LogP contribution in [0.15, 0.2) is 24.3 Å². The molecule has 116 valence electrons. The lowest BCUT2D eigenvalue weighted by atomic mass is 10.2. The van der Waals surface area contributed by atoms with Crippen LogP contribution in [0.2, 0.25) is 0 Å². The van der Waals surface area contributed by atoms with Crippen LogP contribution in [-0.2, 0) is 14.4 Å². The highest BCUT2D eigenvalue weighted by atomic mass is 16.4. The first kappa shape index (κ1) is 14.6. The van der Waals surface area contributed by atoms with E-state index in [0.717, 1.165) is 11.3 Å². The molecular formula is C16H18N2O4. The Bertz CT molecular complexity index is 626. The van der Waals surface area contributed by atoms with E-state index in [1.807, 2.05) is 31.2 Å². The summed E-state index contributed by atoms with van der Waals surface area (Å²) in [4.78, 5) is 36.8. The molecular weight excluding hydrogens is 284 g/mol. The van der Waals surface area contributed by atoms with Gasteiger partial charge >= 0.3 is 5.97 Å². The summed E-state index contributed by atoms with van der Waals surface area (Å²) in [5.41, 5.74) is 1.94. The van der Waals surface area contributed by atoms with Crippen LogP contribution in [0.4, 0.5) is 5.69 Å². The average Bonchev–Trinajstić information content (AvgIpc) is 3.22. The van der Waals surface area contributed by atoms with E-state index >= 15 is 0 Å². The second kappa shape index (κ2) is 5.44. The maximum Gasteiger partial charge on any atom is 0.307 e. The number of aliphatic carboxylic acids is 1. The number of carbonyl (C=O) groups excluding carboxylic acids is 2. The molecule has 1 saturated carbocycles. The van der Waals surface area contributed by atoms with E-state index in [1.54, 1.807) is 4.90 Å². The largest absolute Gasteiger partial charge is 0.481 e. The van der Waals surface area contributed by atoms with Crippen LogP contribution in [0.5, 0.6) is 0 Å². The molecule has 1 saturated heterocycles. The molecule has 0 radical (unpaired) electrons. The van der Waals surface area contributed by atoms with Gasteiger partial charge in [-0.05, 0) is 31.9 Å². The summed E-state index contributed by atoms with van der Waals surface area (Å²) in [6, 6.07) is 7.10. The van der Waals surface area contributed by atoms with E-state index in [4.69, 9.17) is 5.11 Å². The van der Waals surface area contributed by atoms with Gasteiger partial charge < -0.3 is 15.3 Å². The molecule has 6 heteroatoms. The van der Waals surface area contributed by atoms with Crippen LogP contribution >= 0.6 is 0 Å². The second-order valence-electron chi connectivity index (χ2n) is 5.96. The number of hydrogen-bond donors (Lipinski definition) is 2. The van der Waals surface area contributed by atoms with Crippen LogP contribution in [0.3, 0.4) is 0 Å². The SMILES string of the molecule is Cc1ccc(N2CC[C@H](NC(=O)[C@@H]3C[C@H]3C(=O)O)C2=O)cc1. The average molecular weight is 302 g/mol. The van der Waals surface area contributed by atoms with Gasteiger partial charge in [0.15, 0.2) is 0 Å². The molecule has 1 heterocycles. The summed E-state index contributed by atoms with van der Waals surface area (Å²) in [5, 5.41) is 11.5. The Balaban J connectivity index is 1.61. The molecule has 1 aliphatic heterocycles. The molecule has 22 heavy (non-hydrogen) atoms. The number of aryl methyl sites for hydroxylation is 1. The fourth-order valence-electron chi connectivity index (χ4n) is 2.83. The smallest absolute Gasteiger partial charge is 0.307 e. The van der Waals surface area contributed by atoms with Crippen LogP contribution in [0, 0.1) is 18.8 Å². The third-order valence-electron chi connectivity index (χ3n) is 4.31. The summed E-state index contributed by atoms with van der Waals surface area (Å²) in [6.45, 7) is 2.53. The zero-order valence-electron chi connectivity index (χ0n) is 12.3. The minimum absolute atomic E-state index is 0.135. The highest BCUT2D eigenvalue weighted by Crippen LogP contribution is 2.39. The van der Waals surface area contributed by atoms with E-state index in [0.29, 0.717) is 19.4 Å². The summed E-state index contributed by atoms with van der Waals surface area (Å²) < 4.78 is 0. The number of hydrogen-bond acceptors (Lipinski definition) is 3. The number of carboxylic acid groups (broad SMARTS) is 1. The van der Waals surface area contributed by atoms with Gasteiger partial charge in [0.25, 0.3) is 0 Å². The molecule has 6 nitrogen and oxygen atoms in total. The maximum atomic E-state index is 12.4. The molecule has 0 spiro atoms. The third kappa shape index (κ3) is 2.68. The lowest BCUT2D eigenvalue weighted by Crippen LogP contribution is -2.42. The first-order valence-electron chi connectivity index (χ1n) is 7.38. The minimum atomic E-state index is -0.945. The second-order valence-corrected chi connectivity index (χ2v) is 5.96. The maximum absolute atomic E-state index is 12.4. The summed E-state index contributed by atoms with van der Waals surface area (Å²) in [6.07, 6.45) is 0.909. The molecule has 1 aromatic rings. The summed E-state index contributed by atoms with van der Waals surface area (Å²) >= 11 is 0. The Kier molecular flexibility index (Phi) is 3.60. The van der Waals surface area contributed by atoms with Crippen molar-refractivity contribution in [1.29, 1.82) is 0 Å². The first-order chi connectivity index (χ1) is 10.5. The number of nitrogens with zero attached hydrogens (tertiary/aromatic N) is 1. The van der Waals surface area contributed by atoms with Gasteiger partial charge in [0.2, 0.25) is 11.8 Å². The van der Waals surface area contributed by atoms with E-state index in [-0.39, 0.29) is 11.8 Å². The monoisotopic (exact) mass is 302 g/mol. The predicted octanol–water partition coefficient (Wildman–Crippen LogP) is 0.937. The first-order valence-corrected chi connectivity index (χ1v) is 7.38. The number of carboxylic acids is 1. The van der Waals surface area contributed by atoms with Crippen molar-refractivity contribution in [3.8, 4) is 0 Å². The topological polar surface area (TPSA) is 86.7 Å². The Labute approximate surface area is 128 Å². The lowest BCUT2D eigenvalue weighted by Gasteiger charge is -2.17. The quantitative estimate of drug-likeness (QED) is 0.866. The van der Waals surface area contributed by atoms with E-state index in [2.05, 4.69) is 5.32 Å². The number of amides is 2. The van der Waals surface area contributed by atoms with Gasteiger partial charge in [0, 0.05) is 12.2 Å². The number of rotatable bonds is 4. The van der Waals surface area contributed by atoms with E-state index < -0.39 is 23.8 Å². The van der Waals surface area contributed by atoms with Gasteiger partial charge in [-0.2, -0.15) is 0 Å². The van der Waals surface area contributed by atoms with Crippen LogP contribution in [-0.4, -0.2) is 35.5 Å². The van der Waals surface area contributed by atoms with E-state index in [9.17, 15) is 14.4 Å². The fraction of sp³-hybridized carbons (Fsp3) is 0.438. The number of nitrogens with one attached hydrogen (secondary N) is 1. The lowest BCUT2D eigenvalue weighted by molar-refractivity contribution is -0.140. The Morgan fingerprint density at radius 3 is 2.50 bits per heavy atom. The van der Waals surface area contributed by atoms with Gasteiger partial charge in [0.05, 0.1) is 11.8 Å². The highest BCUT2D eigenvalue weighted by Gasteiger charge is 2.49. The van der Waals surface area contributed by atoms with Gasteiger partial charge in [-0.25, -0.2) is 0 Å².